The number of nitrogens with one attached hydrogen (secondary N) is 1. The highest BCUT2D eigenvalue weighted by molar-refractivity contribution is 14.1. The van der Waals surface area contributed by atoms with Crippen molar-refractivity contribution >= 4 is 33.9 Å². The van der Waals surface area contributed by atoms with Gasteiger partial charge < -0.3 is 5.32 Å². The maximum atomic E-state index is 13.2. The third-order valence-electron chi connectivity index (χ3n) is 3.26. The molecule has 0 saturated carbocycles. The van der Waals surface area contributed by atoms with Crippen LogP contribution in [0, 0.1) is 9.39 Å². The van der Waals surface area contributed by atoms with Gasteiger partial charge in [0.15, 0.2) is 0 Å². The summed E-state index contributed by atoms with van der Waals surface area (Å²) in [7, 11) is 0. The molecule has 2 rings (SSSR count). The number of rotatable bonds is 6. The third kappa shape index (κ3) is 4.02. The molecule has 0 amide bonds. The first-order chi connectivity index (χ1) is 9.63. The fraction of sp³-hybridized carbons (Fsp3) is 0.375. The van der Waals surface area contributed by atoms with Gasteiger partial charge in [0.1, 0.15) is 5.82 Å². The lowest BCUT2D eigenvalue weighted by Gasteiger charge is -2.19. The molecule has 1 nitrogen and oxygen atoms in total. The normalized spacial score (nSPS) is 12.6. The zero-order valence-electron chi connectivity index (χ0n) is 11.7. The van der Waals surface area contributed by atoms with E-state index in [0.717, 1.165) is 23.0 Å². The monoisotopic (exact) mass is 403 g/mol. The van der Waals surface area contributed by atoms with Gasteiger partial charge in [0.25, 0.3) is 0 Å². The molecule has 2 aromatic rings. The van der Waals surface area contributed by atoms with Gasteiger partial charge in [0.2, 0.25) is 0 Å². The first kappa shape index (κ1) is 15.9. The van der Waals surface area contributed by atoms with Crippen molar-refractivity contribution in [2.24, 2.45) is 0 Å². The minimum absolute atomic E-state index is 0.169. The van der Waals surface area contributed by atoms with Crippen LogP contribution in [0.1, 0.15) is 35.2 Å². The second-order valence-corrected chi connectivity index (χ2v) is 7.12. The van der Waals surface area contributed by atoms with Crippen LogP contribution in [0.4, 0.5) is 4.39 Å². The Morgan fingerprint density at radius 2 is 1.95 bits per heavy atom. The maximum absolute atomic E-state index is 13.2. The van der Waals surface area contributed by atoms with Crippen molar-refractivity contribution in [2.75, 3.05) is 6.54 Å². The lowest BCUT2D eigenvalue weighted by Crippen LogP contribution is -2.23. The highest BCUT2D eigenvalue weighted by Crippen LogP contribution is 2.27. The Kier molecular flexibility index (Phi) is 5.99. The average Bonchev–Trinajstić information content (AvgIpc) is 2.86. The number of aryl methyl sites for hydroxylation is 1. The molecule has 0 aliphatic rings. The molecule has 1 aromatic carbocycles. The molecule has 1 atom stereocenters. The minimum atomic E-state index is -0.169. The van der Waals surface area contributed by atoms with Crippen LogP contribution in [0.3, 0.4) is 0 Å². The summed E-state index contributed by atoms with van der Waals surface area (Å²) in [5.74, 6) is -0.169. The molecule has 0 spiro atoms. The van der Waals surface area contributed by atoms with E-state index in [1.807, 2.05) is 17.4 Å². The molecule has 0 bridgehead atoms. The lowest BCUT2D eigenvalue weighted by molar-refractivity contribution is 0.548. The zero-order valence-corrected chi connectivity index (χ0v) is 14.7. The number of benzene rings is 1. The fourth-order valence-electron chi connectivity index (χ4n) is 2.25. The van der Waals surface area contributed by atoms with Gasteiger partial charge in [-0.25, -0.2) is 4.39 Å². The molecule has 1 N–H and O–H groups in total. The number of thiophene rings is 1. The Bertz CT molecular complexity index is 567. The molecule has 108 valence electrons. The van der Waals surface area contributed by atoms with Crippen LogP contribution in [0.2, 0.25) is 0 Å². The van der Waals surface area contributed by atoms with Gasteiger partial charge in [-0.2, -0.15) is 0 Å². The molecule has 0 radical (unpaired) electrons. The molecule has 0 aliphatic carbocycles. The molecular formula is C16H19FINS. The smallest absolute Gasteiger partial charge is 0.124 e. The Labute approximate surface area is 137 Å². The number of hydrogen-bond acceptors (Lipinski definition) is 2. The summed E-state index contributed by atoms with van der Waals surface area (Å²) in [6.07, 6.45) is 2.05. The largest absolute Gasteiger partial charge is 0.310 e. The summed E-state index contributed by atoms with van der Waals surface area (Å²) in [5, 5.41) is 3.51. The van der Waals surface area contributed by atoms with Crippen molar-refractivity contribution in [2.45, 2.75) is 32.7 Å². The number of hydrogen-bond donors (Lipinski definition) is 1. The molecule has 1 unspecified atom stereocenters. The van der Waals surface area contributed by atoms with E-state index < -0.39 is 0 Å². The van der Waals surface area contributed by atoms with E-state index in [1.54, 1.807) is 12.1 Å². The van der Waals surface area contributed by atoms with Crippen molar-refractivity contribution in [1.29, 1.82) is 0 Å². The fourth-order valence-corrected chi connectivity index (χ4v) is 4.10. The van der Waals surface area contributed by atoms with Gasteiger partial charge in [-0.1, -0.05) is 19.9 Å². The van der Waals surface area contributed by atoms with Crippen LogP contribution in [0.15, 0.2) is 30.3 Å². The van der Waals surface area contributed by atoms with Gasteiger partial charge in [-0.15, -0.1) is 11.3 Å². The highest BCUT2D eigenvalue weighted by Gasteiger charge is 2.15. The van der Waals surface area contributed by atoms with Gasteiger partial charge in [-0.05, 0) is 65.4 Å². The molecular weight excluding hydrogens is 384 g/mol. The summed E-state index contributed by atoms with van der Waals surface area (Å²) in [4.78, 5) is 2.80. The van der Waals surface area contributed by atoms with Crippen LogP contribution < -0.4 is 5.32 Å². The Morgan fingerprint density at radius 1 is 1.20 bits per heavy atom. The van der Waals surface area contributed by atoms with E-state index in [4.69, 9.17) is 0 Å². The molecule has 0 saturated heterocycles. The van der Waals surface area contributed by atoms with Crippen molar-refractivity contribution in [3.63, 3.8) is 0 Å². The Balaban J connectivity index is 2.21. The van der Waals surface area contributed by atoms with Crippen molar-refractivity contribution in [3.05, 3.63) is 55.0 Å². The maximum Gasteiger partial charge on any atom is 0.124 e. The topological polar surface area (TPSA) is 12.0 Å². The van der Waals surface area contributed by atoms with Crippen LogP contribution in [-0.2, 0) is 12.8 Å². The van der Waals surface area contributed by atoms with E-state index >= 15 is 0 Å². The predicted molar refractivity (Wildman–Crippen MR) is 92.9 cm³/mol. The van der Waals surface area contributed by atoms with Gasteiger partial charge in [-0.3, -0.25) is 0 Å². The molecule has 4 heteroatoms. The summed E-state index contributed by atoms with van der Waals surface area (Å²) >= 11 is 4.09. The Morgan fingerprint density at radius 3 is 2.55 bits per heavy atom. The first-order valence-electron chi connectivity index (χ1n) is 6.90. The van der Waals surface area contributed by atoms with Crippen LogP contribution >= 0.6 is 33.9 Å². The van der Waals surface area contributed by atoms with Gasteiger partial charge in [0.05, 0.1) is 0 Å². The van der Waals surface area contributed by atoms with Crippen LogP contribution in [0.25, 0.3) is 0 Å². The SMILES string of the molecule is CCNC(Cc1ccc(CC)s1)c1ccc(F)cc1I. The van der Waals surface area contributed by atoms with Gasteiger partial charge in [0, 0.05) is 25.8 Å². The predicted octanol–water partition coefficient (Wildman–Crippen LogP) is 4.95. The van der Waals surface area contributed by atoms with E-state index in [1.165, 1.54) is 15.3 Å². The third-order valence-corrected chi connectivity index (χ3v) is 5.45. The van der Waals surface area contributed by atoms with E-state index in [0.29, 0.717) is 0 Å². The van der Waals surface area contributed by atoms with Gasteiger partial charge >= 0.3 is 0 Å². The molecule has 1 heterocycles. The molecule has 0 fully saturated rings. The average molecular weight is 403 g/mol. The molecule has 1 aromatic heterocycles. The van der Waals surface area contributed by atoms with Crippen molar-refractivity contribution in [1.82, 2.24) is 5.32 Å². The molecule has 0 aliphatic heterocycles. The first-order valence-corrected chi connectivity index (χ1v) is 8.79. The second-order valence-electron chi connectivity index (χ2n) is 4.70. The summed E-state index contributed by atoms with van der Waals surface area (Å²) in [5.41, 5.74) is 1.18. The summed E-state index contributed by atoms with van der Waals surface area (Å²) in [6, 6.07) is 9.72. The minimum Gasteiger partial charge on any atom is -0.310 e. The lowest BCUT2D eigenvalue weighted by atomic mass is 10.0. The van der Waals surface area contributed by atoms with Crippen LogP contribution in [-0.4, -0.2) is 6.54 Å². The van der Waals surface area contributed by atoms with E-state index in [9.17, 15) is 4.39 Å². The van der Waals surface area contributed by atoms with Crippen LogP contribution in [0.5, 0.6) is 0 Å². The zero-order chi connectivity index (χ0) is 14.5. The van der Waals surface area contributed by atoms with E-state index in [-0.39, 0.29) is 11.9 Å². The van der Waals surface area contributed by atoms with Crippen molar-refractivity contribution in [3.8, 4) is 0 Å². The Hall–Kier alpha value is -0.460. The standard InChI is InChI=1S/C16H19FINS/c1-3-12-6-7-13(20-12)10-16(19-4-2)14-8-5-11(17)9-15(14)18/h5-9,16,19H,3-4,10H2,1-2H3. The molecule has 20 heavy (non-hydrogen) atoms. The second kappa shape index (κ2) is 7.52. The summed E-state index contributed by atoms with van der Waals surface area (Å²) < 4.78 is 14.2. The highest BCUT2D eigenvalue weighted by atomic mass is 127. The summed E-state index contributed by atoms with van der Waals surface area (Å²) in [6.45, 7) is 5.19. The quantitative estimate of drug-likeness (QED) is 0.674. The van der Waals surface area contributed by atoms with E-state index in [2.05, 4.69) is 53.9 Å². The number of halogens is 2. The number of likely N-dealkylation sites (N-methyl/N-ethyl adjacent to an activating group) is 1. The van der Waals surface area contributed by atoms with Crippen molar-refractivity contribution < 1.29 is 4.39 Å².